The van der Waals surface area contributed by atoms with Crippen LogP contribution in [0.3, 0.4) is 0 Å². The van der Waals surface area contributed by atoms with Gasteiger partial charge in [0, 0.05) is 19.6 Å². The quantitative estimate of drug-likeness (QED) is 0.837. The summed E-state index contributed by atoms with van der Waals surface area (Å²) in [5.41, 5.74) is 0.720. The zero-order chi connectivity index (χ0) is 18.1. The van der Waals surface area contributed by atoms with Crippen LogP contribution in [0.15, 0.2) is 40.8 Å². The Kier molecular flexibility index (Phi) is 4.57. The van der Waals surface area contributed by atoms with Gasteiger partial charge < -0.3 is 9.32 Å². The lowest BCUT2D eigenvalue weighted by atomic mass is 9.78. The first-order valence-electron chi connectivity index (χ1n) is 9.36. The number of piperidine rings is 1. The molecule has 2 aliphatic rings. The summed E-state index contributed by atoms with van der Waals surface area (Å²) in [5.74, 6) is 1.90. The van der Waals surface area contributed by atoms with E-state index >= 15 is 0 Å². The van der Waals surface area contributed by atoms with Gasteiger partial charge in [0.25, 0.3) is 0 Å². The fraction of sp³-hybridized carbons (Fsp3) is 0.476. The van der Waals surface area contributed by atoms with Gasteiger partial charge in [-0.2, -0.15) is 0 Å². The van der Waals surface area contributed by atoms with E-state index in [4.69, 9.17) is 4.42 Å². The van der Waals surface area contributed by atoms with Gasteiger partial charge in [0.05, 0.1) is 12.0 Å². The maximum atomic E-state index is 13.2. The van der Waals surface area contributed by atoms with Crippen LogP contribution in [0.25, 0.3) is 0 Å². The van der Waals surface area contributed by atoms with Crippen LogP contribution in [-0.2, 0) is 17.9 Å². The molecule has 1 aromatic carbocycles. The highest BCUT2D eigenvalue weighted by Gasteiger charge is 2.48. The third-order valence-corrected chi connectivity index (χ3v) is 5.72. The molecule has 4 nitrogen and oxygen atoms in total. The van der Waals surface area contributed by atoms with Gasteiger partial charge in [-0.05, 0) is 62.6 Å². The number of benzene rings is 1. The second-order valence-corrected chi connectivity index (χ2v) is 7.71. The second kappa shape index (κ2) is 6.88. The van der Waals surface area contributed by atoms with Crippen molar-refractivity contribution in [2.45, 2.75) is 39.3 Å². The summed E-state index contributed by atoms with van der Waals surface area (Å²) in [6.45, 7) is 5.79. The zero-order valence-corrected chi connectivity index (χ0v) is 15.2. The highest BCUT2D eigenvalue weighted by Crippen LogP contribution is 2.41. The van der Waals surface area contributed by atoms with E-state index in [1.54, 1.807) is 12.1 Å². The van der Waals surface area contributed by atoms with E-state index in [-0.39, 0.29) is 17.1 Å². The molecule has 5 heteroatoms. The lowest BCUT2D eigenvalue weighted by molar-refractivity contribution is -0.146. The van der Waals surface area contributed by atoms with E-state index in [0.717, 1.165) is 62.5 Å². The molecule has 0 aliphatic carbocycles. The molecule has 0 bridgehead atoms. The number of halogens is 1. The van der Waals surface area contributed by atoms with E-state index in [0.29, 0.717) is 6.54 Å². The molecule has 1 amide bonds. The van der Waals surface area contributed by atoms with Gasteiger partial charge in [-0.15, -0.1) is 0 Å². The van der Waals surface area contributed by atoms with Crippen LogP contribution in [0.4, 0.5) is 4.39 Å². The number of carbonyl (C=O) groups is 1. The highest BCUT2D eigenvalue weighted by atomic mass is 19.1. The summed E-state index contributed by atoms with van der Waals surface area (Å²) in [6.07, 6.45) is 2.89. The maximum absolute atomic E-state index is 13.2. The minimum absolute atomic E-state index is 0.241. The topological polar surface area (TPSA) is 36.7 Å². The molecule has 2 fully saturated rings. The largest absolute Gasteiger partial charge is 0.465 e. The number of hydrogen-bond donors (Lipinski definition) is 0. The van der Waals surface area contributed by atoms with Crippen LogP contribution in [0, 0.1) is 18.2 Å². The highest BCUT2D eigenvalue weighted by molar-refractivity contribution is 5.84. The van der Waals surface area contributed by atoms with Crippen LogP contribution < -0.4 is 0 Å². The third-order valence-electron chi connectivity index (χ3n) is 5.72. The summed E-state index contributed by atoms with van der Waals surface area (Å²) < 4.78 is 18.8. The van der Waals surface area contributed by atoms with Crippen LogP contribution in [0.5, 0.6) is 0 Å². The Bertz CT molecular complexity index is 786. The molecule has 2 aliphatic heterocycles. The van der Waals surface area contributed by atoms with Crippen molar-refractivity contribution in [2.75, 3.05) is 19.6 Å². The molecule has 1 spiro atoms. The fourth-order valence-electron chi connectivity index (χ4n) is 4.38. The molecular formula is C21H25FN2O2. The van der Waals surface area contributed by atoms with Crippen molar-refractivity contribution in [3.05, 3.63) is 59.3 Å². The Morgan fingerprint density at radius 1 is 1.08 bits per heavy atom. The molecule has 26 heavy (non-hydrogen) atoms. The van der Waals surface area contributed by atoms with Crippen LogP contribution in [0.2, 0.25) is 0 Å². The van der Waals surface area contributed by atoms with Crippen LogP contribution in [0.1, 0.15) is 36.3 Å². The lowest BCUT2D eigenvalue weighted by Gasteiger charge is -2.39. The average Bonchev–Trinajstić information content (AvgIpc) is 3.21. The van der Waals surface area contributed by atoms with Crippen LogP contribution in [-0.4, -0.2) is 35.3 Å². The molecule has 0 N–H and O–H groups in total. The van der Waals surface area contributed by atoms with Crippen molar-refractivity contribution in [1.29, 1.82) is 0 Å². The molecule has 2 aromatic rings. The van der Waals surface area contributed by atoms with Crippen molar-refractivity contribution in [1.82, 2.24) is 9.80 Å². The maximum Gasteiger partial charge on any atom is 0.230 e. The minimum Gasteiger partial charge on any atom is -0.465 e. The van der Waals surface area contributed by atoms with E-state index < -0.39 is 0 Å². The molecule has 1 aromatic heterocycles. The molecule has 0 unspecified atom stereocenters. The van der Waals surface area contributed by atoms with Gasteiger partial charge in [-0.1, -0.05) is 12.1 Å². The number of nitrogens with zero attached hydrogens (tertiary/aromatic N) is 2. The summed E-state index contributed by atoms with van der Waals surface area (Å²) >= 11 is 0. The van der Waals surface area contributed by atoms with Crippen molar-refractivity contribution in [3.8, 4) is 0 Å². The van der Waals surface area contributed by atoms with Gasteiger partial charge in [0.15, 0.2) is 0 Å². The Morgan fingerprint density at radius 2 is 1.88 bits per heavy atom. The predicted molar refractivity (Wildman–Crippen MR) is 96.8 cm³/mol. The Hall–Kier alpha value is -2.14. The average molecular weight is 356 g/mol. The standard InChI is InChI=1S/C21H25FN2O2/c1-16-3-8-19(26-16)14-23-12-10-21(15-23)9-2-11-24(20(21)25)13-17-4-6-18(22)7-5-17/h3-8H,2,9-15H2,1H3/t21-/m0/s1. The Labute approximate surface area is 153 Å². The van der Waals surface area contributed by atoms with Crippen molar-refractivity contribution >= 4 is 5.91 Å². The zero-order valence-electron chi connectivity index (χ0n) is 15.2. The third kappa shape index (κ3) is 3.40. The number of amides is 1. The summed E-state index contributed by atoms with van der Waals surface area (Å²) in [6, 6.07) is 10.5. The molecule has 3 heterocycles. The summed E-state index contributed by atoms with van der Waals surface area (Å²) in [5, 5.41) is 0. The monoisotopic (exact) mass is 356 g/mol. The predicted octanol–water partition coefficient (Wildman–Crippen LogP) is 3.74. The lowest BCUT2D eigenvalue weighted by Crippen LogP contribution is -2.49. The van der Waals surface area contributed by atoms with Gasteiger partial charge in [-0.25, -0.2) is 4.39 Å². The number of likely N-dealkylation sites (tertiary alicyclic amines) is 2. The first-order valence-corrected chi connectivity index (χ1v) is 9.36. The van der Waals surface area contributed by atoms with E-state index in [1.807, 2.05) is 24.0 Å². The smallest absolute Gasteiger partial charge is 0.230 e. The second-order valence-electron chi connectivity index (χ2n) is 7.71. The van der Waals surface area contributed by atoms with E-state index in [9.17, 15) is 9.18 Å². The number of furan rings is 1. The normalized spacial score (nSPS) is 23.9. The van der Waals surface area contributed by atoms with Gasteiger partial charge in [0.1, 0.15) is 17.3 Å². The Balaban J connectivity index is 1.43. The molecule has 2 saturated heterocycles. The Morgan fingerprint density at radius 3 is 2.62 bits per heavy atom. The summed E-state index contributed by atoms with van der Waals surface area (Å²) in [7, 11) is 0. The molecule has 4 rings (SSSR count). The van der Waals surface area contributed by atoms with Gasteiger partial charge in [0.2, 0.25) is 5.91 Å². The minimum atomic E-state index is -0.264. The van der Waals surface area contributed by atoms with E-state index in [1.165, 1.54) is 12.1 Å². The molecule has 0 radical (unpaired) electrons. The SMILES string of the molecule is Cc1ccc(CN2CC[C@@]3(CCCN(Cc4ccc(F)cc4)C3=O)C2)o1. The summed E-state index contributed by atoms with van der Waals surface area (Å²) in [4.78, 5) is 17.5. The number of hydrogen-bond acceptors (Lipinski definition) is 3. The van der Waals surface area contributed by atoms with Gasteiger partial charge in [-0.3, -0.25) is 9.69 Å². The molecular weight excluding hydrogens is 331 g/mol. The molecule has 0 saturated carbocycles. The number of rotatable bonds is 4. The number of aryl methyl sites for hydroxylation is 1. The van der Waals surface area contributed by atoms with E-state index in [2.05, 4.69) is 4.90 Å². The molecule has 1 atom stereocenters. The van der Waals surface area contributed by atoms with Crippen molar-refractivity contribution in [2.24, 2.45) is 5.41 Å². The molecule has 138 valence electrons. The van der Waals surface area contributed by atoms with Gasteiger partial charge >= 0.3 is 0 Å². The first kappa shape index (κ1) is 17.3. The first-order chi connectivity index (χ1) is 12.5. The fourth-order valence-corrected chi connectivity index (χ4v) is 4.38. The number of carbonyl (C=O) groups excluding carboxylic acids is 1. The van der Waals surface area contributed by atoms with Crippen LogP contribution >= 0.6 is 0 Å². The van der Waals surface area contributed by atoms with Crippen molar-refractivity contribution in [3.63, 3.8) is 0 Å². The van der Waals surface area contributed by atoms with Crippen molar-refractivity contribution < 1.29 is 13.6 Å².